The number of hydrogen-bond acceptors (Lipinski definition) is 3. The van der Waals surface area contributed by atoms with Crippen molar-refractivity contribution in [3.8, 4) is 0 Å². The van der Waals surface area contributed by atoms with Gasteiger partial charge in [0, 0.05) is 17.9 Å². The third kappa shape index (κ3) is 6.64. The highest BCUT2D eigenvalue weighted by Crippen LogP contribution is 2.38. The Labute approximate surface area is 206 Å². The van der Waals surface area contributed by atoms with Gasteiger partial charge in [0.15, 0.2) is 5.78 Å². The normalized spacial score (nSPS) is 19.0. The van der Waals surface area contributed by atoms with Crippen molar-refractivity contribution in [2.24, 2.45) is 17.8 Å². The van der Waals surface area contributed by atoms with E-state index in [2.05, 4.69) is 51.1 Å². The Balaban J connectivity index is 1.76. The lowest BCUT2D eigenvalue weighted by Crippen LogP contribution is -2.30. The fourth-order valence-corrected chi connectivity index (χ4v) is 6.22. The Kier molecular flexibility index (Phi) is 9.62. The van der Waals surface area contributed by atoms with Crippen LogP contribution in [0.5, 0.6) is 0 Å². The maximum Gasteiger partial charge on any atom is 0.163 e. The van der Waals surface area contributed by atoms with Crippen LogP contribution in [-0.4, -0.2) is 17.3 Å². The first-order valence-electron chi connectivity index (χ1n) is 13.3. The fourth-order valence-electron chi connectivity index (χ4n) is 6.22. The van der Waals surface area contributed by atoms with E-state index < -0.39 is 0 Å². The summed E-state index contributed by atoms with van der Waals surface area (Å²) in [6.45, 7) is 7.78. The van der Waals surface area contributed by atoms with Gasteiger partial charge in [0.2, 0.25) is 0 Å². The number of aryl methyl sites for hydroxylation is 2. The second kappa shape index (κ2) is 12.4. The molecule has 0 spiro atoms. The van der Waals surface area contributed by atoms with Gasteiger partial charge in [-0.25, -0.2) is 0 Å². The molecule has 0 aromatic heterocycles. The van der Waals surface area contributed by atoms with Gasteiger partial charge in [0.05, 0.1) is 6.42 Å². The molecule has 1 aromatic carbocycles. The largest absolute Gasteiger partial charge is 0.300 e. The molecule has 0 aliphatic heterocycles. The first kappa shape index (κ1) is 26.3. The molecular formula is C31H42O3. The Hall–Kier alpha value is -2.29. The Morgan fingerprint density at radius 3 is 2.56 bits per heavy atom. The van der Waals surface area contributed by atoms with E-state index in [0.717, 1.165) is 68.9 Å². The van der Waals surface area contributed by atoms with Crippen LogP contribution in [-0.2, 0) is 22.4 Å². The fraction of sp³-hybridized carbons (Fsp3) is 0.581. The summed E-state index contributed by atoms with van der Waals surface area (Å²) in [6, 6.07) is 4.36. The summed E-state index contributed by atoms with van der Waals surface area (Å²) in [6.07, 6.45) is 16.1. The quantitative estimate of drug-likeness (QED) is 0.288. The van der Waals surface area contributed by atoms with Crippen LogP contribution in [0.3, 0.4) is 0 Å². The molecular weight excluding hydrogens is 420 g/mol. The van der Waals surface area contributed by atoms with E-state index in [9.17, 15) is 14.4 Å². The van der Waals surface area contributed by atoms with Crippen molar-refractivity contribution in [3.05, 3.63) is 58.2 Å². The summed E-state index contributed by atoms with van der Waals surface area (Å²) in [5.74, 6) is 0.750. The minimum Gasteiger partial charge on any atom is -0.300 e. The molecule has 2 aliphatic rings. The SMILES string of the molecule is CCCC(CC1CC(=O)c2c(C)ccc(CCCC3=CC=CC3)c2C1)C(CC)C(=O)CC(C)=O. The van der Waals surface area contributed by atoms with Crippen molar-refractivity contribution in [1.29, 1.82) is 0 Å². The zero-order valence-electron chi connectivity index (χ0n) is 21.6. The first-order valence-corrected chi connectivity index (χ1v) is 13.3. The number of Topliss-reactive ketones (excluding diaryl/α,β-unsaturated/α-hetero) is 3. The minimum absolute atomic E-state index is 0.0421. The van der Waals surface area contributed by atoms with Crippen LogP contribution >= 0.6 is 0 Å². The van der Waals surface area contributed by atoms with E-state index >= 15 is 0 Å². The van der Waals surface area contributed by atoms with E-state index in [0.29, 0.717) is 6.42 Å². The van der Waals surface area contributed by atoms with Crippen LogP contribution in [0, 0.1) is 24.7 Å². The van der Waals surface area contributed by atoms with Crippen LogP contribution < -0.4 is 0 Å². The van der Waals surface area contributed by atoms with E-state index in [4.69, 9.17) is 0 Å². The van der Waals surface area contributed by atoms with Gasteiger partial charge in [-0.15, -0.1) is 0 Å². The standard InChI is InChI=1S/C31H42O3/c1-5-10-26(27(6-2)29(33)17-22(4)32)18-24-19-28-25(14-9-13-23-11-7-8-12-23)16-15-21(3)31(28)30(34)20-24/h7-8,11,15-16,24,26-27H,5-6,9-10,12-14,17-20H2,1-4H3. The molecule has 0 saturated carbocycles. The van der Waals surface area contributed by atoms with E-state index in [1.807, 2.05) is 0 Å². The van der Waals surface area contributed by atoms with Crippen LogP contribution in [0.15, 0.2) is 35.9 Å². The highest BCUT2D eigenvalue weighted by atomic mass is 16.1. The predicted octanol–water partition coefficient (Wildman–Crippen LogP) is 7.33. The average Bonchev–Trinajstić information content (AvgIpc) is 3.29. The molecule has 0 amide bonds. The van der Waals surface area contributed by atoms with Crippen molar-refractivity contribution < 1.29 is 14.4 Å². The molecule has 2 aliphatic carbocycles. The number of hydrogen-bond donors (Lipinski definition) is 0. The Bertz CT molecular complexity index is 965. The molecule has 184 valence electrons. The second-order valence-corrected chi connectivity index (χ2v) is 10.5. The Morgan fingerprint density at radius 1 is 1.12 bits per heavy atom. The topological polar surface area (TPSA) is 51.2 Å². The van der Waals surface area contributed by atoms with Crippen LogP contribution in [0.25, 0.3) is 0 Å². The van der Waals surface area contributed by atoms with Crippen LogP contribution in [0.1, 0.15) is 106 Å². The van der Waals surface area contributed by atoms with E-state index in [1.165, 1.54) is 23.6 Å². The number of carbonyl (C=O) groups excluding carboxylic acids is 3. The van der Waals surface area contributed by atoms with Crippen molar-refractivity contribution in [2.75, 3.05) is 0 Å². The summed E-state index contributed by atoms with van der Waals surface area (Å²) >= 11 is 0. The summed E-state index contributed by atoms with van der Waals surface area (Å²) in [5.41, 5.74) is 6.15. The van der Waals surface area contributed by atoms with Gasteiger partial charge in [0.25, 0.3) is 0 Å². The number of carbonyl (C=O) groups is 3. The third-order valence-corrected chi connectivity index (χ3v) is 7.80. The molecule has 0 N–H and O–H groups in total. The van der Waals surface area contributed by atoms with Gasteiger partial charge in [0.1, 0.15) is 11.6 Å². The maximum atomic E-state index is 13.3. The summed E-state index contributed by atoms with van der Waals surface area (Å²) < 4.78 is 0. The van der Waals surface area contributed by atoms with Gasteiger partial charge >= 0.3 is 0 Å². The molecule has 3 heteroatoms. The number of rotatable bonds is 13. The highest BCUT2D eigenvalue weighted by Gasteiger charge is 2.33. The van der Waals surface area contributed by atoms with Gasteiger partial charge in [-0.05, 0) is 87.3 Å². The highest BCUT2D eigenvalue weighted by molar-refractivity contribution is 6.00. The number of fused-ring (bicyclic) bond motifs is 1. The number of ketones is 3. The van der Waals surface area contributed by atoms with Gasteiger partial charge in [-0.2, -0.15) is 0 Å². The molecule has 3 unspecified atom stereocenters. The van der Waals surface area contributed by atoms with Crippen molar-refractivity contribution in [3.63, 3.8) is 0 Å². The van der Waals surface area contributed by atoms with E-state index in [-0.39, 0.29) is 41.5 Å². The molecule has 1 aromatic rings. The average molecular weight is 463 g/mol. The molecule has 34 heavy (non-hydrogen) atoms. The molecule has 0 fully saturated rings. The molecule has 0 bridgehead atoms. The molecule has 0 radical (unpaired) electrons. The number of allylic oxidation sites excluding steroid dienone is 4. The van der Waals surface area contributed by atoms with Crippen molar-refractivity contribution in [2.45, 2.75) is 98.3 Å². The molecule has 3 atom stereocenters. The van der Waals surface area contributed by atoms with Gasteiger partial charge in [-0.3, -0.25) is 14.4 Å². The lowest BCUT2D eigenvalue weighted by molar-refractivity contribution is -0.129. The van der Waals surface area contributed by atoms with Crippen LogP contribution in [0.4, 0.5) is 0 Å². The Morgan fingerprint density at radius 2 is 1.91 bits per heavy atom. The first-order chi connectivity index (χ1) is 16.3. The van der Waals surface area contributed by atoms with Crippen molar-refractivity contribution >= 4 is 17.3 Å². The summed E-state index contributed by atoms with van der Waals surface area (Å²) in [7, 11) is 0. The minimum atomic E-state index is -0.0781. The maximum absolute atomic E-state index is 13.3. The summed E-state index contributed by atoms with van der Waals surface area (Å²) in [4.78, 5) is 37.7. The molecule has 3 nitrogen and oxygen atoms in total. The molecule has 0 saturated heterocycles. The van der Waals surface area contributed by atoms with E-state index in [1.54, 1.807) is 0 Å². The van der Waals surface area contributed by atoms with Crippen LogP contribution in [0.2, 0.25) is 0 Å². The summed E-state index contributed by atoms with van der Waals surface area (Å²) in [5, 5.41) is 0. The lowest BCUT2D eigenvalue weighted by Gasteiger charge is -2.32. The van der Waals surface area contributed by atoms with Crippen molar-refractivity contribution in [1.82, 2.24) is 0 Å². The number of benzene rings is 1. The second-order valence-electron chi connectivity index (χ2n) is 10.5. The smallest absolute Gasteiger partial charge is 0.163 e. The molecule has 0 heterocycles. The monoisotopic (exact) mass is 462 g/mol. The zero-order valence-corrected chi connectivity index (χ0v) is 21.6. The van der Waals surface area contributed by atoms with Gasteiger partial charge in [-0.1, -0.05) is 62.6 Å². The third-order valence-electron chi connectivity index (χ3n) is 7.80. The lowest BCUT2D eigenvalue weighted by atomic mass is 9.71. The zero-order chi connectivity index (χ0) is 24.7. The predicted molar refractivity (Wildman–Crippen MR) is 139 cm³/mol. The molecule has 3 rings (SSSR count). The van der Waals surface area contributed by atoms with Gasteiger partial charge < -0.3 is 0 Å².